The first-order chi connectivity index (χ1) is 11.7. The van der Waals surface area contributed by atoms with Crippen molar-refractivity contribution >= 4 is 33.3 Å². The smallest absolute Gasteiger partial charge is 0.310 e. The van der Waals surface area contributed by atoms with Gasteiger partial charge in [0.1, 0.15) is 16.5 Å². The molecule has 6 heteroatoms. The summed E-state index contributed by atoms with van der Waals surface area (Å²) >= 11 is 1.83. The normalized spacial score (nSPS) is 20.9. The van der Waals surface area contributed by atoms with Gasteiger partial charge < -0.3 is 9.64 Å². The molecule has 1 aliphatic carbocycles. The minimum Gasteiger partial charge on any atom is -0.469 e. The van der Waals surface area contributed by atoms with Crippen LogP contribution in [0.3, 0.4) is 0 Å². The molecule has 1 aliphatic heterocycles. The maximum Gasteiger partial charge on any atom is 0.310 e. The molecule has 2 aliphatic rings. The molecular weight excluding hydrogens is 322 g/mol. The number of aromatic nitrogens is 2. The van der Waals surface area contributed by atoms with Crippen LogP contribution in [0.5, 0.6) is 0 Å². The second-order valence-electron chi connectivity index (χ2n) is 6.79. The fraction of sp³-hybridized carbons (Fsp3) is 0.611. The number of fused-ring (bicyclic) bond motifs is 3. The molecule has 0 amide bonds. The first-order valence-corrected chi connectivity index (χ1v) is 9.60. The molecule has 2 aromatic heterocycles. The van der Waals surface area contributed by atoms with Gasteiger partial charge in [-0.25, -0.2) is 9.97 Å². The molecule has 0 bridgehead atoms. The van der Waals surface area contributed by atoms with Gasteiger partial charge in [-0.05, 0) is 51.0 Å². The summed E-state index contributed by atoms with van der Waals surface area (Å²) in [5.74, 6) is 1.69. The standard InChI is InChI=1S/C18H23N3O2S/c1-11-19-16(21-9-5-6-12(10-21)18(22)23-2)15-13-7-3-4-8-14(13)24-17(15)20-11/h12H,3-10H2,1-2H3/t12-/m1/s1. The van der Waals surface area contributed by atoms with E-state index in [0.29, 0.717) is 6.54 Å². The lowest BCUT2D eigenvalue weighted by molar-refractivity contribution is -0.145. The van der Waals surface area contributed by atoms with Crippen molar-refractivity contribution in [2.24, 2.45) is 5.92 Å². The number of hydrogen-bond donors (Lipinski definition) is 0. The molecule has 0 N–H and O–H groups in total. The van der Waals surface area contributed by atoms with Crippen molar-refractivity contribution < 1.29 is 9.53 Å². The van der Waals surface area contributed by atoms with Gasteiger partial charge in [-0.1, -0.05) is 0 Å². The minimum absolute atomic E-state index is 0.0523. The van der Waals surface area contributed by atoms with Gasteiger partial charge in [0, 0.05) is 18.0 Å². The molecule has 24 heavy (non-hydrogen) atoms. The zero-order valence-corrected chi connectivity index (χ0v) is 15.1. The number of aryl methyl sites for hydroxylation is 3. The third-order valence-corrected chi connectivity index (χ3v) is 6.35. The van der Waals surface area contributed by atoms with Crippen LogP contribution in [0.15, 0.2) is 0 Å². The third-order valence-electron chi connectivity index (χ3n) is 5.16. The maximum atomic E-state index is 12.0. The molecule has 1 fully saturated rings. The van der Waals surface area contributed by atoms with Crippen molar-refractivity contribution in [2.45, 2.75) is 45.4 Å². The summed E-state index contributed by atoms with van der Waals surface area (Å²) in [5, 5.41) is 1.24. The molecule has 4 rings (SSSR count). The molecule has 0 aromatic carbocycles. The first-order valence-electron chi connectivity index (χ1n) is 8.79. The summed E-state index contributed by atoms with van der Waals surface area (Å²) in [7, 11) is 1.48. The van der Waals surface area contributed by atoms with Gasteiger partial charge in [-0.2, -0.15) is 0 Å². The highest BCUT2D eigenvalue weighted by molar-refractivity contribution is 7.19. The highest BCUT2D eigenvalue weighted by Gasteiger charge is 2.30. The van der Waals surface area contributed by atoms with E-state index in [4.69, 9.17) is 14.7 Å². The first kappa shape index (κ1) is 15.8. The molecule has 0 saturated carbocycles. The number of esters is 1. The van der Waals surface area contributed by atoms with E-state index >= 15 is 0 Å². The number of ether oxygens (including phenoxy) is 1. The highest BCUT2D eigenvalue weighted by Crippen LogP contribution is 2.40. The third kappa shape index (κ3) is 2.66. The molecular formula is C18H23N3O2S. The van der Waals surface area contributed by atoms with Gasteiger partial charge in [0.25, 0.3) is 0 Å². The van der Waals surface area contributed by atoms with Gasteiger partial charge in [-0.15, -0.1) is 11.3 Å². The zero-order valence-electron chi connectivity index (χ0n) is 14.3. The van der Waals surface area contributed by atoms with Crippen LogP contribution in [0.1, 0.15) is 41.9 Å². The molecule has 3 heterocycles. The number of methoxy groups -OCH3 is 1. The lowest BCUT2D eigenvalue weighted by Gasteiger charge is -2.33. The van der Waals surface area contributed by atoms with Crippen LogP contribution in [0.4, 0.5) is 5.82 Å². The van der Waals surface area contributed by atoms with Crippen molar-refractivity contribution in [1.29, 1.82) is 0 Å². The fourth-order valence-corrected chi connectivity index (χ4v) is 5.30. The van der Waals surface area contributed by atoms with Crippen LogP contribution in [0.2, 0.25) is 0 Å². The lowest BCUT2D eigenvalue weighted by atomic mass is 9.95. The van der Waals surface area contributed by atoms with E-state index in [1.54, 1.807) is 0 Å². The maximum absolute atomic E-state index is 12.0. The van der Waals surface area contributed by atoms with Crippen molar-refractivity contribution in [1.82, 2.24) is 9.97 Å². The fourth-order valence-electron chi connectivity index (χ4n) is 4.00. The van der Waals surface area contributed by atoms with Crippen LogP contribution >= 0.6 is 11.3 Å². The minimum atomic E-state index is -0.103. The number of carbonyl (C=O) groups excluding carboxylic acids is 1. The quantitative estimate of drug-likeness (QED) is 0.782. The Morgan fingerprint density at radius 1 is 1.25 bits per heavy atom. The Hall–Kier alpha value is -1.69. The van der Waals surface area contributed by atoms with Crippen LogP contribution in [-0.4, -0.2) is 36.1 Å². The summed E-state index contributed by atoms with van der Waals surface area (Å²) in [5.41, 5.74) is 1.46. The highest BCUT2D eigenvalue weighted by atomic mass is 32.1. The molecule has 0 spiro atoms. The van der Waals surface area contributed by atoms with Gasteiger partial charge in [0.15, 0.2) is 0 Å². The Bertz CT molecular complexity index is 786. The molecule has 128 valence electrons. The summed E-state index contributed by atoms with van der Waals surface area (Å²) in [6.07, 6.45) is 6.71. The van der Waals surface area contributed by atoms with Crippen LogP contribution in [-0.2, 0) is 22.4 Å². The number of piperidine rings is 1. The molecule has 5 nitrogen and oxygen atoms in total. The second kappa shape index (κ2) is 6.31. The average Bonchev–Trinajstić information content (AvgIpc) is 2.98. The second-order valence-corrected chi connectivity index (χ2v) is 7.88. The number of anilines is 1. The molecule has 1 atom stereocenters. The van der Waals surface area contributed by atoms with Gasteiger partial charge >= 0.3 is 5.97 Å². The number of hydrogen-bond acceptors (Lipinski definition) is 6. The Labute approximate surface area is 146 Å². The number of carbonyl (C=O) groups is 1. The van der Waals surface area contributed by atoms with Gasteiger partial charge in [-0.3, -0.25) is 4.79 Å². The summed E-state index contributed by atoms with van der Waals surface area (Å²) < 4.78 is 4.96. The van der Waals surface area contributed by atoms with Crippen LogP contribution in [0, 0.1) is 12.8 Å². The number of thiophene rings is 1. The van der Waals surface area contributed by atoms with E-state index in [1.807, 2.05) is 18.3 Å². The Morgan fingerprint density at radius 3 is 2.92 bits per heavy atom. The molecule has 0 radical (unpaired) electrons. The Kier molecular flexibility index (Phi) is 4.16. The predicted octanol–water partition coefficient (Wildman–Crippen LogP) is 3.27. The average molecular weight is 345 g/mol. The summed E-state index contributed by atoms with van der Waals surface area (Å²) in [6.45, 7) is 3.61. The summed E-state index contributed by atoms with van der Waals surface area (Å²) in [6, 6.07) is 0. The lowest BCUT2D eigenvalue weighted by Crippen LogP contribution is -2.39. The van der Waals surface area contributed by atoms with Gasteiger partial charge in [0.05, 0.1) is 18.4 Å². The van der Waals surface area contributed by atoms with E-state index in [9.17, 15) is 4.79 Å². The van der Waals surface area contributed by atoms with Crippen molar-refractivity contribution in [3.63, 3.8) is 0 Å². The van der Waals surface area contributed by atoms with Crippen molar-refractivity contribution in [3.8, 4) is 0 Å². The van der Waals surface area contributed by atoms with E-state index in [2.05, 4.69) is 4.90 Å². The Morgan fingerprint density at radius 2 is 2.08 bits per heavy atom. The topological polar surface area (TPSA) is 55.3 Å². The van der Waals surface area contributed by atoms with Crippen molar-refractivity contribution in [3.05, 3.63) is 16.3 Å². The monoisotopic (exact) mass is 345 g/mol. The van der Waals surface area contributed by atoms with Crippen molar-refractivity contribution in [2.75, 3.05) is 25.1 Å². The zero-order chi connectivity index (χ0) is 16.7. The van der Waals surface area contributed by atoms with Gasteiger partial charge in [0.2, 0.25) is 0 Å². The molecule has 1 saturated heterocycles. The molecule has 2 aromatic rings. The Balaban J connectivity index is 1.78. The van der Waals surface area contributed by atoms with E-state index in [-0.39, 0.29) is 11.9 Å². The van der Waals surface area contributed by atoms with E-state index < -0.39 is 0 Å². The predicted molar refractivity (Wildman–Crippen MR) is 95.7 cm³/mol. The SMILES string of the molecule is COC(=O)[C@@H]1CCCN(c2nc(C)nc3sc4c(c23)CCCC4)C1. The largest absolute Gasteiger partial charge is 0.469 e. The van der Waals surface area contributed by atoms with Crippen LogP contribution in [0.25, 0.3) is 10.2 Å². The van der Waals surface area contributed by atoms with Crippen LogP contribution < -0.4 is 4.90 Å². The number of rotatable bonds is 2. The van der Waals surface area contributed by atoms with E-state index in [1.165, 1.54) is 42.2 Å². The molecule has 0 unspecified atom stereocenters. The van der Waals surface area contributed by atoms with E-state index in [0.717, 1.165) is 42.3 Å². The number of nitrogens with zero attached hydrogens (tertiary/aromatic N) is 3. The summed E-state index contributed by atoms with van der Waals surface area (Å²) in [4.78, 5) is 26.3.